The SMILES string of the molecule is CCc1oc2ccccc2c1CN(C)C(=O)C1CCCNC1.Cl. The third-order valence-electron chi connectivity index (χ3n) is 4.52. The highest BCUT2D eigenvalue weighted by atomic mass is 35.5. The first-order valence-corrected chi connectivity index (χ1v) is 8.15. The number of amides is 1. The fraction of sp³-hybridized carbons (Fsp3) is 0.500. The van der Waals surface area contributed by atoms with Crippen LogP contribution in [0.15, 0.2) is 28.7 Å². The average Bonchev–Trinajstić information content (AvgIpc) is 2.93. The molecule has 5 heteroatoms. The minimum absolute atomic E-state index is 0. The van der Waals surface area contributed by atoms with E-state index in [-0.39, 0.29) is 24.2 Å². The van der Waals surface area contributed by atoms with Crippen molar-refractivity contribution in [3.05, 3.63) is 35.6 Å². The third kappa shape index (κ3) is 3.70. The molecule has 1 aliphatic rings. The van der Waals surface area contributed by atoms with Crippen LogP contribution in [-0.2, 0) is 17.8 Å². The summed E-state index contributed by atoms with van der Waals surface area (Å²) in [6.45, 7) is 4.54. The number of rotatable bonds is 4. The van der Waals surface area contributed by atoms with E-state index in [4.69, 9.17) is 4.42 Å². The molecule has 2 aromatic rings. The van der Waals surface area contributed by atoms with Crippen molar-refractivity contribution in [2.75, 3.05) is 20.1 Å². The summed E-state index contributed by atoms with van der Waals surface area (Å²) < 4.78 is 5.92. The Morgan fingerprint density at radius 2 is 2.17 bits per heavy atom. The Kier molecular flexibility index (Phi) is 6.08. The molecule has 23 heavy (non-hydrogen) atoms. The standard InChI is InChI=1S/C18H24N2O2.ClH/c1-3-16-15(14-8-4-5-9-17(14)22-16)12-20(2)18(21)13-7-6-10-19-11-13;/h4-5,8-9,13,19H,3,6-7,10-12H2,1-2H3;1H. The van der Waals surface area contributed by atoms with Crippen LogP contribution in [0.1, 0.15) is 31.1 Å². The van der Waals surface area contributed by atoms with E-state index in [9.17, 15) is 4.79 Å². The van der Waals surface area contributed by atoms with Gasteiger partial charge in [0.05, 0.1) is 5.92 Å². The number of aryl methyl sites for hydroxylation is 1. The fourth-order valence-corrected chi connectivity index (χ4v) is 3.30. The van der Waals surface area contributed by atoms with E-state index in [2.05, 4.69) is 18.3 Å². The van der Waals surface area contributed by atoms with Crippen molar-refractivity contribution in [2.24, 2.45) is 5.92 Å². The second-order valence-electron chi connectivity index (χ2n) is 6.09. The minimum atomic E-state index is 0. The molecular weight excluding hydrogens is 312 g/mol. The van der Waals surface area contributed by atoms with E-state index in [1.165, 1.54) is 0 Å². The van der Waals surface area contributed by atoms with Gasteiger partial charge in [-0.05, 0) is 25.5 Å². The molecule has 1 N–H and O–H groups in total. The average molecular weight is 337 g/mol. The molecule has 1 aliphatic heterocycles. The van der Waals surface area contributed by atoms with Gasteiger partial charge < -0.3 is 14.6 Å². The third-order valence-corrected chi connectivity index (χ3v) is 4.52. The first-order chi connectivity index (χ1) is 10.7. The van der Waals surface area contributed by atoms with Crippen LogP contribution in [0, 0.1) is 5.92 Å². The number of carbonyl (C=O) groups excluding carboxylic acids is 1. The summed E-state index contributed by atoms with van der Waals surface area (Å²) in [5.41, 5.74) is 2.06. The lowest BCUT2D eigenvalue weighted by Gasteiger charge is -2.27. The first-order valence-electron chi connectivity index (χ1n) is 8.15. The van der Waals surface area contributed by atoms with Gasteiger partial charge in [0.1, 0.15) is 11.3 Å². The summed E-state index contributed by atoms with van der Waals surface area (Å²) in [6.07, 6.45) is 2.92. The lowest BCUT2D eigenvalue weighted by molar-refractivity contribution is -0.135. The molecule has 0 bridgehead atoms. The molecule has 1 unspecified atom stereocenters. The van der Waals surface area contributed by atoms with E-state index in [1.807, 2.05) is 30.1 Å². The minimum Gasteiger partial charge on any atom is -0.461 e. The van der Waals surface area contributed by atoms with E-state index < -0.39 is 0 Å². The maximum Gasteiger partial charge on any atom is 0.227 e. The molecule has 0 spiro atoms. The molecule has 4 nitrogen and oxygen atoms in total. The van der Waals surface area contributed by atoms with Crippen LogP contribution in [0.3, 0.4) is 0 Å². The van der Waals surface area contributed by atoms with Crippen LogP contribution in [0.4, 0.5) is 0 Å². The van der Waals surface area contributed by atoms with Gasteiger partial charge in [-0.2, -0.15) is 0 Å². The number of hydrogen-bond acceptors (Lipinski definition) is 3. The maximum absolute atomic E-state index is 12.6. The maximum atomic E-state index is 12.6. The van der Waals surface area contributed by atoms with Gasteiger partial charge in [-0.3, -0.25) is 4.79 Å². The van der Waals surface area contributed by atoms with Gasteiger partial charge in [0, 0.05) is 37.5 Å². The molecule has 1 amide bonds. The predicted octanol–water partition coefficient (Wildman–Crippen LogP) is 3.38. The van der Waals surface area contributed by atoms with Gasteiger partial charge in [0.15, 0.2) is 0 Å². The van der Waals surface area contributed by atoms with E-state index in [0.29, 0.717) is 6.54 Å². The van der Waals surface area contributed by atoms with Crippen LogP contribution in [0.2, 0.25) is 0 Å². The summed E-state index contributed by atoms with van der Waals surface area (Å²) in [7, 11) is 1.90. The summed E-state index contributed by atoms with van der Waals surface area (Å²) in [5.74, 6) is 1.34. The highest BCUT2D eigenvalue weighted by Crippen LogP contribution is 2.28. The molecule has 0 radical (unpaired) electrons. The van der Waals surface area contributed by atoms with Crippen LogP contribution < -0.4 is 5.32 Å². The van der Waals surface area contributed by atoms with Gasteiger partial charge in [0.25, 0.3) is 0 Å². The molecule has 1 aromatic carbocycles. The van der Waals surface area contributed by atoms with Gasteiger partial charge in [-0.15, -0.1) is 12.4 Å². The van der Waals surface area contributed by atoms with Gasteiger partial charge in [-0.1, -0.05) is 25.1 Å². The topological polar surface area (TPSA) is 45.5 Å². The molecular formula is C18H25ClN2O2. The molecule has 3 rings (SSSR count). The van der Waals surface area contributed by atoms with Crippen molar-refractivity contribution in [3.8, 4) is 0 Å². The van der Waals surface area contributed by atoms with Crippen molar-refractivity contribution in [2.45, 2.75) is 32.7 Å². The number of para-hydroxylation sites is 1. The number of nitrogens with one attached hydrogen (secondary N) is 1. The van der Waals surface area contributed by atoms with Crippen molar-refractivity contribution in [1.82, 2.24) is 10.2 Å². The second-order valence-corrected chi connectivity index (χ2v) is 6.09. The van der Waals surface area contributed by atoms with Crippen molar-refractivity contribution >= 4 is 29.3 Å². The monoisotopic (exact) mass is 336 g/mol. The molecule has 2 heterocycles. The number of carbonyl (C=O) groups is 1. The Morgan fingerprint density at radius 1 is 1.39 bits per heavy atom. The number of furan rings is 1. The zero-order chi connectivity index (χ0) is 15.5. The molecule has 1 saturated heterocycles. The molecule has 0 aliphatic carbocycles. The normalized spacial score (nSPS) is 17.7. The van der Waals surface area contributed by atoms with Crippen LogP contribution in [0.5, 0.6) is 0 Å². The Morgan fingerprint density at radius 3 is 2.87 bits per heavy atom. The Labute approximate surface area is 143 Å². The summed E-state index contributed by atoms with van der Waals surface area (Å²) in [6, 6.07) is 8.07. The number of halogens is 1. The zero-order valence-corrected chi connectivity index (χ0v) is 14.6. The molecule has 1 aromatic heterocycles. The Hall–Kier alpha value is -1.52. The lowest BCUT2D eigenvalue weighted by atomic mass is 9.98. The Bertz CT molecular complexity index is 662. The molecule has 0 saturated carbocycles. The number of benzene rings is 1. The Balaban J connectivity index is 0.00000192. The molecule has 126 valence electrons. The van der Waals surface area contributed by atoms with E-state index >= 15 is 0 Å². The predicted molar refractivity (Wildman–Crippen MR) is 94.9 cm³/mol. The largest absolute Gasteiger partial charge is 0.461 e. The van der Waals surface area contributed by atoms with Gasteiger partial charge >= 0.3 is 0 Å². The second kappa shape index (κ2) is 7.84. The molecule has 1 atom stereocenters. The molecule has 1 fully saturated rings. The van der Waals surface area contributed by atoms with Gasteiger partial charge in [0.2, 0.25) is 5.91 Å². The van der Waals surface area contributed by atoms with Crippen LogP contribution in [-0.4, -0.2) is 30.9 Å². The van der Waals surface area contributed by atoms with Crippen molar-refractivity contribution in [3.63, 3.8) is 0 Å². The highest BCUT2D eigenvalue weighted by Gasteiger charge is 2.25. The fourth-order valence-electron chi connectivity index (χ4n) is 3.30. The van der Waals surface area contributed by atoms with Gasteiger partial charge in [-0.25, -0.2) is 0 Å². The summed E-state index contributed by atoms with van der Waals surface area (Å²) in [5, 5.41) is 4.44. The number of fused-ring (bicyclic) bond motifs is 1. The van der Waals surface area contributed by atoms with Crippen LogP contribution in [0.25, 0.3) is 11.0 Å². The summed E-state index contributed by atoms with van der Waals surface area (Å²) >= 11 is 0. The van der Waals surface area contributed by atoms with Crippen molar-refractivity contribution in [1.29, 1.82) is 0 Å². The number of nitrogens with zero attached hydrogens (tertiary/aromatic N) is 1. The van der Waals surface area contributed by atoms with Crippen molar-refractivity contribution < 1.29 is 9.21 Å². The van der Waals surface area contributed by atoms with E-state index in [0.717, 1.165) is 54.6 Å². The number of hydrogen-bond donors (Lipinski definition) is 1. The van der Waals surface area contributed by atoms with Crippen LogP contribution >= 0.6 is 12.4 Å². The first kappa shape index (κ1) is 17.8. The lowest BCUT2D eigenvalue weighted by Crippen LogP contribution is -2.41. The van der Waals surface area contributed by atoms with E-state index in [1.54, 1.807) is 0 Å². The highest BCUT2D eigenvalue weighted by molar-refractivity contribution is 5.85. The number of piperidine rings is 1. The quantitative estimate of drug-likeness (QED) is 0.931. The summed E-state index contributed by atoms with van der Waals surface area (Å²) in [4.78, 5) is 14.5. The smallest absolute Gasteiger partial charge is 0.227 e. The zero-order valence-electron chi connectivity index (χ0n) is 13.8.